The molecular weight excluding hydrogens is 430 g/mol. The van der Waals surface area contributed by atoms with Gasteiger partial charge in [0.25, 0.3) is 5.56 Å². The predicted molar refractivity (Wildman–Crippen MR) is 138 cm³/mol. The Balaban J connectivity index is 1.69. The number of rotatable bonds is 7. The number of aromatic nitrogens is 4. The van der Waals surface area contributed by atoms with Crippen LogP contribution in [-0.4, -0.2) is 39.0 Å². The molecule has 0 saturated heterocycles. The maximum absolute atomic E-state index is 12.9. The van der Waals surface area contributed by atoms with Crippen LogP contribution >= 0.6 is 0 Å². The molecule has 0 saturated carbocycles. The molecule has 0 fully saturated rings. The van der Waals surface area contributed by atoms with Crippen LogP contribution in [0.3, 0.4) is 0 Å². The maximum Gasteiger partial charge on any atom is 0.332 e. The minimum absolute atomic E-state index is 0.300. The Morgan fingerprint density at radius 1 is 0.971 bits per heavy atom. The van der Waals surface area contributed by atoms with Gasteiger partial charge in [-0.1, -0.05) is 54.6 Å². The number of nitrogens with zero attached hydrogens (tertiary/aromatic N) is 6. The SMILES string of the molecule is CN(C)c1ccc(/C=N/Nc2nc3c(c(=O)n(C)c(=O)n3C)n2C/C=C\c2ccccc2)cc1. The van der Waals surface area contributed by atoms with Crippen LogP contribution in [0.15, 0.2) is 75.4 Å². The molecule has 4 rings (SSSR count). The number of imidazole rings is 1. The summed E-state index contributed by atoms with van der Waals surface area (Å²) >= 11 is 0. The van der Waals surface area contributed by atoms with E-state index in [0.717, 1.165) is 21.4 Å². The van der Waals surface area contributed by atoms with Crippen molar-refractivity contribution in [1.82, 2.24) is 18.7 Å². The fraction of sp³-hybridized carbons (Fsp3) is 0.200. The van der Waals surface area contributed by atoms with Gasteiger partial charge in [0.1, 0.15) is 0 Å². The Hall–Kier alpha value is -4.40. The smallest absolute Gasteiger partial charge is 0.332 e. The van der Waals surface area contributed by atoms with Gasteiger partial charge in [-0.15, -0.1) is 0 Å². The summed E-state index contributed by atoms with van der Waals surface area (Å²) in [6.07, 6.45) is 5.59. The van der Waals surface area contributed by atoms with Crippen LogP contribution in [-0.2, 0) is 20.6 Å². The third kappa shape index (κ3) is 4.54. The number of hydrogen-bond acceptors (Lipinski definition) is 6. The molecule has 0 atom stereocenters. The van der Waals surface area contributed by atoms with E-state index in [1.54, 1.807) is 17.8 Å². The van der Waals surface area contributed by atoms with Gasteiger partial charge in [-0.05, 0) is 23.3 Å². The summed E-state index contributed by atoms with van der Waals surface area (Å²) in [6, 6.07) is 17.8. The quantitative estimate of drug-likeness (QED) is 0.340. The van der Waals surface area contributed by atoms with Crippen LogP contribution in [0.25, 0.3) is 17.2 Å². The highest BCUT2D eigenvalue weighted by Gasteiger charge is 2.18. The van der Waals surface area contributed by atoms with E-state index in [9.17, 15) is 9.59 Å². The average Bonchev–Trinajstić information content (AvgIpc) is 3.21. The fourth-order valence-electron chi connectivity index (χ4n) is 3.59. The second kappa shape index (κ2) is 9.62. The Morgan fingerprint density at radius 3 is 2.35 bits per heavy atom. The Labute approximate surface area is 196 Å². The highest BCUT2D eigenvalue weighted by molar-refractivity contribution is 5.81. The Morgan fingerprint density at radius 2 is 1.68 bits per heavy atom. The molecule has 4 aromatic rings. The Bertz CT molecular complexity index is 1470. The molecule has 0 aliphatic heterocycles. The van der Waals surface area contributed by atoms with Crippen LogP contribution in [0.1, 0.15) is 11.1 Å². The molecule has 0 amide bonds. The number of benzene rings is 2. The van der Waals surface area contributed by atoms with Gasteiger partial charge in [0.2, 0.25) is 5.95 Å². The van der Waals surface area contributed by atoms with E-state index in [0.29, 0.717) is 23.7 Å². The second-order valence-electron chi connectivity index (χ2n) is 8.09. The topological polar surface area (TPSA) is 89.5 Å². The zero-order valence-corrected chi connectivity index (χ0v) is 19.6. The van der Waals surface area contributed by atoms with Crippen molar-refractivity contribution in [3.63, 3.8) is 0 Å². The van der Waals surface area contributed by atoms with Crippen molar-refractivity contribution in [3.05, 3.63) is 92.6 Å². The van der Waals surface area contributed by atoms with E-state index in [4.69, 9.17) is 0 Å². The highest BCUT2D eigenvalue weighted by Crippen LogP contribution is 2.17. The summed E-state index contributed by atoms with van der Waals surface area (Å²) in [7, 11) is 7.03. The fourth-order valence-corrected chi connectivity index (χ4v) is 3.59. The molecule has 2 heterocycles. The van der Waals surface area contributed by atoms with E-state index in [-0.39, 0.29) is 0 Å². The Kier molecular flexibility index (Phi) is 6.44. The molecule has 174 valence electrons. The minimum atomic E-state index is -0.432. The van der Waals surface area contributed by atoms with Gasteiger partial charge in [-0.2, -0.15) is 10.1 Å². The van der Waals surface area contributed by atoms with Crippen molar-refractivity contribution in [1.29, 1.82) is 0 Å². The van der Waals surface area contributed by atoms with E-state index in [1.807, 2.05) is 85.7 Å². The van der Waals surface area contributed by atoms with Crippen LogP contribution in [0.4, 0.5) is 11.6 Å². The zero-order chi connectivity index (χ0) is 24.2. The molecule has 2 aromatic carbocycles. The molecule has 34 heavy (non-hydrogen) atoms. The summed E-state index contributed by atoms with van der Waals surface area (Å²) in [5, 5.41) is 4.32. The molecule has 1 N–H and O–H groups in total. The number of hydrogen-bond donors (Lipinski definition) is 1. The molecule has 0 unspecified atom stereocenters. The van der Waals surface area contributed by atoms with E-state index < -0.39 is 11.2 Å². The van der Waals surface area contributed by atoms with Crippen molar-refractivity contribution in [2.45, 2.75) is 6.54 Å². The van der Waals surface area contributed by atoms with Crippen molar-refractivity contribution in [2.24, 2.45) is 19.2 Å². The molecule has 0 aliphatic carbocycles. The highest BCUT2D eigenvalue weighted by atomic mass is 16.2. The van der Waals surface area contributed by atoms with E-state index >= 15 is 0 Å². The summed E-state index contributed by atoms with van der Waals surface area (Å²) in [6.45, 7) is 0.369. The average molecular weight is 458 g/mol. The molecule has 9 heteroatoms. The van der Waals surface area contributed by atoms with Gasteiger partial charge >= 0.3 is 5.69 Å². The third-order valence-electron chi connectivity index (χ3n) is 5.53. The molecule has 9 nitrogen and oxygen atoms in total. The summed E-state index contributed by atoms with van der Waals surface area (Å²) in [5.74, 6) is 0.368. The van der Waals surface area contributed by atoms with Crippen molar-refractivity contribution >= 4 is 35.1 Å². The molecule has 0 aliphatic rings. The molecular formula is C25H27N7O2. The van der Waals surface area contributed by atoms with Crippen LogP contribution in [0.5, 0.6) is 0 Å². The first-order valence-corrected chi connectivity index (χ1v) is 10.8. The molecule has 0 spiro atoms. The van der Waals surface area contributed by atoms with E-state index in [2.05, 4.69) is 15.5 Å². The first kappa shape index (κ1) is 22.8. The monoisotopic (exact) mass is 457 g/mol. The number of hydrazone groups is 1. The standard InChI is InChI=1S/C25H27N7O2/c1-29(2)20-14-12-19(13-15-20)17-26-28-24-27-22-21(23(33)31(4)25(34)30(22)3)32(24)16-8-11-18-9-6-5-7-10-18/h5-15,17H,16H2,1-4H3,(H,27,28)/b11-8-,26-17+. The number of aryl methyl sites for hydroxylation is 1. The number of nitrogens with one attached hydrogen (secondary N) is 1. The lowest BCUT2D eigenvalue weighted by atomic mass is 10.2. The van der Waals surface area contributed by atoms with Gasteiger partial charge in [-0.25, -0.2) is 10.2 Å². The third-order valence-corrected chi connectivity index (χ3v) is 5.53. The summed E-state index contributed by atoms with van der Waals surface area (Å²) < 4.78 is 4.17. The van der Waals surface area contributed by atoms with Gasteiger partial charge in [0.15, 0.2) is 11.2 Å². The normalized spacial score (nSPS) is 11.6. The summed E-state index contributed by atoms with van der Waals surface area (Å²) in [5.41, 5.74) is 5.78. The largest absolute Gasteiger partial charge is 0.378 e. The number of anilines is 2. The molecule has 2 aromatic heterocycles. The van der Waals surface area contributed by atoms with Crippen LogP contribution in [0, 0.1) is 0 Å². The zero-order valence-electron chi connectivity index (χ0n) is 19.6. The van der Waals surface area contributed by atoms with Gasteiger partial charge in [0, 0.05) is 40.4 Å². The van der Waals surface area contributed by atoms with Crippen molar-refractivity contribution in [2.75, 3.05) is 24.4 Å². The first-order chi connectivity index (χ1) is 16.4. The lowest BCUT2D eigenvalue weighted by Gasteiger charge is -2.11. The van der Waals surface area contributed by atoms with Crippen molar-refractivity contribution in [3.8, 4) is 0 Å². The van der Waals surface area contributed by atoms with E-state index in [1.165, 1.54) is 11.6 Å². The number of allylic oxidation sites excluding steroid dienone is 1. The predicted octanol–water partition coefficient (Wildman–Crippen LogP) is 2.66. The minimum Gasteiger partial charge on any atom is -0.378 e. The first-order valence-electron chi connectivity index (χ1n) is 10.8. The lowest BCUT2D eigenvalue weighted by molar-refractivity contribution is 0.703. The maximum atomic E-state index is 12.9. The van der Waals surface area contributed by atoms with Gasteiger partial charge in [0.05, 0.1) is 6.21 Å². The van der Waals surface area contributed by atoms with Gasteiger partial charge < -0.3 is 4.90 Å². The number of fused-ring (bicyclic) bond motifs is 1. The summed E-state index contributed by atoms with van der Waals surface area (Å²) in [4.78, 5) is 31.9. The van der Waals surface area contributed by atoms with Crippen LogP contribution in [0.2, 0.25) is 0 Å². The lowest BCUT2D eigenvalue weighted by Crippen LogP contribution is -2.37. The second-order valence-corrected chi connectivity index (χ2v) is 8.09. The molecule has 0 radical (unpaired) electrons. The van der Waals surface area contributed by atoms with Crippen LogP contribution < -0.4 is 21.6 Å². The van der Waals surface area contributed by atoms with Crippen molar-refractivity contribution < 1.29 is 0 Å². The molecule has 0 bridgehead atoms. The van der Waals surface area contributed by atoms with Gasteiger partial charge in [-0.3, -0.25) is 18.5 Å².